The zero-order chi connectivity index (χ0) is 21.2. The standard InChI is InChI=1S/C22H25NO5S/c1-14-11-12-17(29(3,26)27)13-19(14)22(25)28-15(2)21(24)23-20-10-6-8-16-7-4-5-9-18(16)20/h4-5,7,9,11-13,15,20H,6,8,10H2,1-3H3,(H,23,24). The molecule has 0 aliphatic heterocycles. The lowest BCUT2D eigenvalue weighted by atomic mass is 9.87. The fourth-order valence-corrected chi connectivity index (χ4v) is 4.17. The topological polar surface area (TPSA) is 89.5 Å². The molecule has 0 saturated heterocycles. The predicted octanol–water partition coefficient (Wildman–Crippen LogP) is 3.14. The molecule has 2 aromatic carbocycles. The van der Waals surface area contributed by atoms with Crippen molar-refractivity contribution in [2.75, 3.05) is 6.26 Å². The second-order valence-corrected chi connectivity index (χ2v) is 9.46. The third-order valence-electron chi connectivity index (χ3n) is 5.20. The molecule has 1 N–H and O–H groups in total. The summed E-state index contributed by atoms with van der Waals surface area (Å²) < 4.78 is 28.8. The van der Waals surface area contributed by atoms with Gasteiger partial charge in [0.05, 0.1) is 16.5 Å². The van der Waals surface area contributed by atoms with Crippen molar-refractivity contribution in [1.29, 1.82) is 0 Å². The summed E-state index contributed by atoms with van der Waals surface area (Å²) in [6, 6.07) is 12.2. The van der Waals surface area contributed by atoms with Crippen LogP contribution in [0.3, 0.4) is 0 Å². The van der Waals surface area contributed by atoms with E-state index in [1.165, 1.54) is 24.6 Å². The summed E-state index contributed by atoms with van der Waals surface area (Å²) in [5.41, 5.74) is 3.04. The molecule has 0 aromatic heterocycles. The zero-order valence-corrected chi connectivity index (χ0v) is 17.6. The van der Waals surface area contributed by atoms with Crippen LogP contribution in [0, 0.1) is 6.92 Å². The number of amides is 1. The number of aryl methyl sites for hydroxylation is 2. The molecule has 154 valence electrons. The van der Waals surface area contributed by atoms with Crippen molar-refractivity contribution in [3.8, 4) is 0 Å². The van der Waals surface area contributed by atoms with Gasteiger partial charge < -0.3 is 10.1 Å². The average molecular weight is 416 g/mol. The smallest absolute Gasteiger partial charge is 0.339 e. The molecular formula is C22H25NO5S. The zero-order valence-electron chi connectivity index (χ0n) is 16.8. The molecule has 2 aromatic rings. The fraction of sp³-hybridized carbons (Fsp3) is 0.364. The second-order valence-electron chi connectivity index (χ2n) is 7.45. The van der Waals surface area contributed by atoms with Crippen molar-refractivity contribution in [3.63, 3.8) is 0 Å². The van der Waals surface area contributed by atoms with Gasteiger partial charge in [-0.3, -0.25) is 4.79 Å². The van der Waals surface area contributed by atoms with E-state index in [1.807, 2.05) is 18.2 Å². The van der Waals surface area contributed by atoms with Gasteiger partial charge in [-0.25, -0.2) is 13.2 Å². The summed E-state index contributed by atoms with van der Waals surface area (Å²) in [6.07, 6.45) is 2.87. The molecular weight excluding hydrogens is 390 g/mol. The number of rotatable bonds is 5. The summed E-state index contributed by atoms with van der Waals surface area (Å²) in [5.74, 6) is -1.10. The number of fused-ring (bicyclic) bond motifs is 1. The van der Waals surface area contributed by atoms with E-state index in [0.29, 0.717) is 5.56 Å². The van der Waals surface area contributed by atoms with Gasteiger partial charge in [-0.1, -0.05) is 30.3 Å². The second kappa shape index (κ2) is 8.37. The lowest BCUT2D eigenvalue weighted by molar-refractivity contribution is -0.130. The van der Waals surface area contributed by atoms with Crippen molar-refractivity contribution >= 4 is 21.7 Å². The maximum atomic E-state index is 12.6. The first-order chi connectivity index (χ1) is 13.7. The van der Waals surface area contributed by atoms with Gasteiger partial charge in [0.1, 0.15) is 0 Å². The van der Waals surface area contributed by atoms with Crippen molar-refractivity contribution in [2.24, 2.45) is 0 Å². The van der Waals surface area contributed by atoms with Gasteiger partial charge in [-0.2, -0.15) is 0 Å². The third-order valence-corrected chi connectivity index (χ3v) is 6.31. The highest BCUT2D eigenvalue weighted by molar-refractivity contribution is 7.90. The van der Waals surface area contributed by atoms with Crippen LogP contribution >= 0.6 is 0 Å². The lowest BCUT2D eigenvalue weighted by Crippen LogP contribution is -2.39. The molecule has 0 spiro atoms. The molecule has 2 unspecified atom stereocenters. The first-order valence-electron chi connectivity index (χ1n) is 9.56. The molecule has 0 heterocycles. The minimum atomic E-state index is -3.46. The molecule has 0 bridgehead atoms. The SMILES string of the molecule is Cc1ccc(S(C)(=O)=O)cc1C(=O)OC(C)C(=O)NC1CCCc2ccccc21. The molecule has 6 nitrogen and oxygen atoms in total. The largest absolute Gasteiger partial charge is 0.449 e. The van der Waals surface area contributed by atoms with Crippen molar-refractivity contribution in [3.05, 3.63) is 64.7 Å². The Hall–Kier alpha value is -2.67. The van der Waals surface area contributed by atoms with Gasteiger partial charge >= 0.3 is 5.97 Å². The van der Waals surface area contributed by atoms with Crippen molar-refractivity contribution < 1.29 is 22.7 Å². The van der Waals surface area contributed by atoms with E-state index in [0.717, 1.165) is 31.1 Å². The minimum absolute atomic E-state index is 0.0333. The Labute approximate surface area is 171 Å². The lowest BCUT2D eigenvalue weighted by Gasteiger charge is -2.27. The van der Waals surface area contributed by atoms with Crippen LogP contribution in [0.15, 0.2) is 47.4 Å². The van der Waals surface area contributed by atoms with E-state index in [4.69, 9.17) is 4.74 Å². The molecule has 29 heavy (non-hydrogen) atoms. The molecule has 1 aliphatic carbocycles. The quantitative estimate of drug-likeness (QED) is 0.758. The number of hydrogen-bond donors (Lipinski definition) is 1. The number of hydrogen-bond acceptors (Lipinski definition) is 5. The van der Waals surface area contributed by atoms with E-state index in [1.54, 1.807) is 13.0 Å². The van der Waals surface area contributed by atoms with Crippen LogP contribution in [0.1, 0.15) is 52.9 Å². The summed E-state index contributed by atoms with van der Waals surface area (Å²) in [7, 11) is -3.46. The first-order valence-corrected chi connectivity index (χ1v) is 11.5. The van der Waals surface area contributed by atoms with Crippen LogP contribution in [0.2, 0.25) is 0 Å². The summed E-state index contributed by atoms with van der Waals surface area (Å²) >= 11 is 0. The van der Waals surface area contributed by atoms with E-state index in [-0.39, 0.29) is 22.4 Å². The average Bonchev–Trinajstić information content (AvgIpc) is 2.67. The molecule has 2 atom stereocenters. The van der Waals surface area contributed by atoms with Gasteiger partial charge in [-0.15, -0.1) is 0 Å². The fourth-order valence-electron chi connectivity index (χ4n) is 3.52. The normalized spacial score (nSPS) is 17.1. The Morgan fingerprint density at radius 1 is 1.17 bits per heavy atom. The van der Waals surface area contributed by atoms with Gasteiger partial charge in [-0.05, 0) is 61.9 Å². The van der Waals surface area contributed by atoms with Gasteiger partial charge in [0, 0.05) is 6.26 Å². The summed E-state index contributed by atoms with van der Waals surface area (Å²) in [5, 5.41) is 2.97. The van der Waals surface area contributed by atoms with Gasteiger partial charge in [0.15, 0.2) is 15.9 Å². The number of benzene rings is 2. The molecule has 0 radical (unpaired) electrons. The number of sulfone groups is 1. The first kappa shape index (κ1) is 21.0. The molecule has 1 amide bonds. The monoisotopic (exact) mass is 415 g/mol. The number of carbonyl (C=O) groups excluding carboxylic acids is 2. The van der Waals surface area contributed by atoms with Gasteiger partial charge in [0.25, 0.3) is 5.91 Å². The van der Waals surface area contributed by atoms with Crippen LogP contribution in [0.5, 0.6) is 0 Å². The maximum Gasteiger partial charge on any atom is 0.339 e. The molecule has 3 rings (SSSR count). The highest BCUT2D eigenvalue weighted by Crippen LogP contribution is 2.29. The van der Waals surface area contributed by atoms with E-state index >= 15 is 0 Å². The number of ether oxygens (including phenoxy) is 1. The summed E-state index contributed by atoms with van der Waals surface area (Å²) in [6.45, 7) is 3.20. The van der Waals surface area contributed by atoms with Crippen LogP contribution < -0.4 is 5.32 Å². The van der Waals surface area contributed by atoms with Crippen LogP contribution in [0.4, 0.5) is 0 Å². The number of nitrogens with one attached hydrogen (secondary N) is 1. The van der Waals surface area contributed by atoms with E-state index < -0.39 is 21.9 Å². The van der Waals surface area contributed by atoms with Crippen LogP contribution in [-0.2, 0) is 25.8 Å². The van der Waals surface area contributed by atoms with Crippen LogP contribution in [0.25, 0.3) is 0 Å². The highest BCUT2D eigenvalue weighted by Gasteiger charge is 2.26. The van der Waals surface area contributed by atoms with Gasteiger partial charge in [0.2, 0.25) is 0 Å². The van der Waals surface area contributed by atoms with Crippen molar-refractivity contribution in [1.82, 2.24) is 5.32 Å². The Morgan fingerprint density at radius 2 is 1.90 bits per heavy atom. The number of carbonyl (C=O) groups is 2. The summed E-state index contributed by atoms with van der Waals surface area (Å²) in [4.78, 5) is 25.2. The Balaban J connectivity index is 1.70. The van der Waals surface area contributed by atoms with E-state index in [2.05, 4.69) is 11.4 Å². The molecule has 0 fully saturated rings. The number of esters is 1. The Morgan fingerprint density at radius 3 is 2.62 bits per heavy atom. The molecule has 7 heteroatoms. The molecule has 1 aliphatic rings. The Bertz CT molecular complexity index is 1040. The van der Waals surface area contributed by atoms with Crippen LogP contribution in [-0.4, -0.2) is 32.7 Å². The highest BCUT2D eigenvalue weighted by atomic mass is 32.2. The molecule has 0 saturated carbocycles. The minimum Gasteiger partial charge on any atom is -0.449 e. The Kier molecular flexibility index (Phi) is 6.07. The van der Waals surface area contributed by atoms with E-state index in [9.17, 15) is 18.0 Å². The maximum absolute atomic E-state index is 12.6. The predicted molar refractivity (Wildman–Crippen MR) is 109 cm³/mol. The van der Waals surface area contributed by atoms with Crippen molar-refractivity contribution in [2.45, 2.75) is 50.2 Å². The third kappa shape index (κ3) is 4.85.